The first kappa shape index (κ1) is 18.5. The molecule has 0 aliphatic rings. The number of halogens is 1. The summed E-state index contributed by atoms with van der Waals surface area (Å²) in [5, 5.41) is 0. The molecule has 3 aromatic rings. The monoisotopic (exact) mass is 352 g/mol. The average Bonchev–Trinajstić information content (AvgIpc) is 2.68. The minimum Gasteiger partial charge on any atom is -0.206 e. The molecule has 0 amide bonds. The van der Waals surface area contributed by atoms with E-state index in [9.17, 15) is 4.39 Å². The molecule has 3 aromatic carbocycles. The number of benzene rings is 3. The molecule has 0 aliphatic heterocycles. The molecule has 132 valence electrons. The molecule has 0 aromatic heterocycles. The van der Waals surface area contributed by atoms with Crippen molar-refractivity contribution < 1.29 is 4.39 Å². The molecule has 3 rings (SSSR count). The Morgan fingerprint density at radius 2 is 1.22 bits per heavy atom. The second-order valence-corrected chi connectivity index (χ2v) is 6.51. The zero-order chi connectivity index (χ0) is 19.1. The smallest absolute Gasteiger partial charge is 0.139 e. The number of hydrogen-bond acceptors (Lipinski definition) is 0. The fourth-order valence-electron chi connectivity index (χ4n) is 2.66. The third-order valence-corrected chi connectivity index (χ3v) is 4.20. The fraction of sp³-hybridized carbons (Fsp3) is 0.154. The van der Waals surface area contributed by atoms with E-state index in [0.29, 0.717) is 5.56 Å². The number of rotatable bonds is 2. The SMILES string of the molecule is CCCc1ccc(C#Cc2ccc(C#Cc3ccc(C)cc3)cc2)c(F)c1. The highest BCUT2D eigenvalue weighted by Gasteiger charge is 2.00. The number of hydrogen-bond donors (Lipinski definition) is 0. The van der Waals surface area contributed by atoms with Gasteiger partial charge in [0, 0.05) is 16.7 Å². The molecule has 27 heavy (non-hydrogen) atoms. The van der Waals surface area contributed by atoms with Crippen molar-refractivity contribution in [1.82, 2.24) is 0 Å². The van der Waals surface area contributed by atoms with Crippen molar-refractivity contribution in [2.45, 2.75) is 26.7 Å². The Bertz CT molecular complexity index is 1030. The van der Waals surface area contributed by atoms with Gasteiger partial charge in [0.2, 0.25) is 0 Å². The van der Waals surface area contributed by atoms with Crippen LogP contribution >= 0.6 is 0 Å². The minimum atomic E-state index is -0.256. The maximum Gasteiger partial charge on any atom is 0.139 e. The van der Waals surface area contributed by atoms with Crippen molar-refractivity contribution in [3.63, 3.8) is 0 Å². The minimum absolute atomic E-state index is 0.256. The molecule has 0 bridgehead atoms. The van der Waals surface area contributed by atoms with Crippen molar-refractivity contribution in [1.29, 1.82) is 0 Å². The summed E-state index contributed by atoms with van der Waals surface area (Å²) in [6.45, 7) is 4.14. The van der Waals surface area contributed by atoms with Crippen LogP contribution in [-0.2, 0) is 6.42 Å². The molecule has 0 unspecified atom stereocenters. The van der Waals surface area contributed by atoms with Crippen molar-refractivity contribution in [2.24, 2.45) is 0 Å². The molecule has 0 saturated carbocycles. The van der Waals surface area contributed by atoms with Crippen LogP contribution in [0, 0.1) is 36.4 Å². The van der Waals surface area contributed by atoms with Gasteiger partial charge >= 0.3 is 0 Å². The second kappa shape index (κ2) is 8.88. The van der Waals surface area contributed by atoms with Gasteiger partial charge in [0.1, 0.15) is 5.82 Å². The maximum atomic E-state index is 14.1. The van der Waals surface area contributed by atoms with Crippen molar-refractivity contribution >= 4 is 0 Å². The van der Waals surface area contributed by atoms with Gasteiger partial charge in [-0.05, 0) is 67.4 Å². The first-order valence-electron chi connectivity index (χ1n) is 9.13. The van der Waals surface area contributed by atoms with E-state index in [4.69, 9.17) is 0 Å². The fourth-order valence-corrected chi connectivity index (χ4v) is 2.66. The lowest BCUT2D eigenvalue weighted by Crippen LogP contribution is -1.89. The highest BCUT2D eigenvalue weighted by atomic mass is 19.1. The standard InChI is InChI=1S/C26H21F/c1-3-4-24-16-18-25(26(27)19-24)17-15-23-13-11-22(12-14-23)10-9-21-7-5-20(2)6-8-21/h5-8,11-14,16,18-19H,3-4H2,1-2H3. The second-order valence-electron chi connectivity index (χ2n) is 6.51. The van der Waals surface area contributed by atoms with Crippen molar-refractivity contribution in [3.8, 4) is 23.7 Å². The van der Waals surface area contributed by atoms with E-state index >= 15 is 0 Å². The van der Waals surface area contributed by atoms with Crippen LogP contribution in [0.25, 0.3) is 0 Å². The summed E-state index contributed by atoms with van der Waals surface area (Å²) >= 11 is 0. The summed E-state index contributed by atoms with van der Waals surface area (Å²) in [5.41, 5.74) is 5.42. The molecule has 0 atom stereocenters. The molecule has 0 spiro atoms. The lowest BCUT2D eigenvalue weighted by molar-refractivity contribution is 0.621. The van der Waals surface area contributed by atoms with Crippen LogP contribution in [0.2, 0.25) is 0 Å². The zero-order valence-corrected chi connectivity index (χ0v) is 15.6. The molecule has 0 N–H and O–H groups in total. The molecule has 0 heterocycles. The van der Waals surface area contributed by atoms with Gasteiger partial charge in [-0.3, -0.25) is 0 Å². The van der Waals surface area contributed by atoms with E-state index in [0.717, 1.165) is 35.1 Å². The van der Waals surface area contributed by atoms with Gasteiger partial charge in [0.25, 0.3) is 0 Å². The molecule has 0 fully saturated rings. The van der Waals surface area contributed by atoms with Crippen LogP contribution in [0.4, 0.5) is 4.39 Å². The lowest BCUT2D eigenvalue weighted by atomic mass is 10.1. The van der Waals surface area contributed by atoms with Crippen LogP contribution in [-0.4, -0.2) is 0 Å². The Balaban J connectivity index is 1.72. The van der Waals surface area contributed by atoms with E-state index in [1.54, 1.807) is 12.1 Å². The summed E-state index contributed by atoms with van der Waals surface area (Å²) in [6, 6.07) is 21.1. The van der Waals surface area contributed by atoms with Gasteiger partial charge < -0.3 is 0 Å². The summed E-state index contributed by atoms with van der Waals surface area (Å²) < 4.78 is 14.1. The molecule has 0 saturated heterocycles. The Morgan fingerprint density at radius 3 is 1.74 bits per heavy atom. The summed E-state index contributed by atoms with van der Waals surface area (Å²) in [7, 11) is 0. The van der Waals surface area contributed by atoms with E-state index in [-0.39, 0.29) is 5.82 Å². The van der Waals surface area contributed by atoms with Crippen molar-refractivity contribution in [3.05, 3.63) is 106 Å². The quantitative estimate of drug-likeness (QED) is 0.505. The van der Waals surface area contributed by atoms with Crippen LogP contribution in [0.5, 0.6) is 0 Å². The maximum absolute atomic E-state index is 14.1. The lowest BCUT2D eigenvalue weighted by Gasteiger charge is -2.00. The van der Waals surface area contributed by atoms with Gasteiger partial charge in [0.15, 0.2) is 0 Å². The van der Waals surface area contributed by atoms with Crippen LogP contribution < -0.4 is 0 Å². The van der Waals surface area contributed by atoms with E-state index < -0.39 is 0 Å². The molecule has 0 nitrogen and oxygen atoms in total. The first-order chi connectivity index (χ1) is 13.1. The molecular formula is C26H21F. The van der Waals surface area contributed by atoms with Gasteiger partial charge in [-0.1, -0.05) is 60.8 Å². The van der Waals surface area contributed by atoms with Gasteiger partial charge in [-0.15, -0.1) is 0 Å². The normalized spacial score (nSPS) is 9.74. The largest absolute Gasteiger partial charge is 0.206 e. The third-order valence-electron chi connectivity index (χ3n) is 4.20. The van der Waals surface area contributed by atoms with Crippen molar-refractivity contribution in [2.75, 3.05) is 0 Å². The molecule has 1 heteroatoms. The van der Waals surface area contributed by atoms with Gasteiger partial charge in [-0.25, -0.2) is 4.39 Å². The highest BCUT2D eigenvalue weighted by molar-refractivity contribution is 5.48. The topological polar surface area (TPSA) is 0 Å². The van der Waals surface area contributed by atoms with Gasteiger partial charge in [-0.2, -0.15) is 0 Å². The average molecular weight is 352 g/mol. The Hall–Kier alpha value is -3.29. The zero-order valence-electron chi connectivity index (χ0n) is 15.6. The van der Waals surface area contributed by atoms with Gasteiger partial charge in [0.05, 0.1) is 5.56 Å². The predicted molar refractivity (Wildman–Crippen MR) is 110 cm³/mol. The molecular weight excluding hydrogens is 331 g/mol. The van der Waals surface area contributed by atoms with Crippen LogP contribution in [0.3, 0.4) is 0 Å². The van der Waals surface area contributed by atoms with E-state index in [1.165, 1.54) is 5.56 Å². The van der Waals surface area contributed by atoms with Crippen LogP contribution in [0.15, 0.2) is 66.7 Å². The Labute approximate surface area is 161 Å². The summed E-state index contributed by atoms with van der Waals surface area (Å²) in [5.74, 6) is 12.0. The summed E-state index contributed by atoms with van der Waals surface area (Å²) in [4.78, 5) is 0. The van der Waals surface area contributed by atoms with E-state index in [1.807, 2.05) is 42.5 Å². The predicted octanol–water partition coefficient (Wildman–Crippen LogP) is 5.89. The van der Waals surface area contributed by atoms with E-state index in [2.05, 4.69) is 49.7 Å². The number of aryl methyl sites for hydroxylation is 2. The first-order valence-corrected chi connectivity index (χ1v) is 9.13. The third kappa shape index (κ3) is 5.34. The molecule has 0 radical (unpaired) electrons. The Morgan fingerprint density at radius 1 is 0.704 bits per heavy atom. The van der Waals surface area contributed by atoms with Crippen LogP contribution in [0.1, 0.15) is 46.7 Å². The Kier molecular flexibility index (Phi) is 6.09. The molecule has 0 aliphatic carbocycles. The summed E-state index contributed by atoms with van der Waals surface area (Å²) in [6.07, 6.45) is 1.89. The highest BCUT2D eigenvalue weighted by Crippen LogP contribution is 2.12.